The molecule has 0 aliphatic rings. The third-order valence-electron chi connectivity index (χ3n) is 4.61. The van der Waals surface area contributed by atoms with Crippen LogP contribution in [0.1, 0.15) is 55.7 Å². The maximum atomic E-state index is 13.2. The molecular formula is C20H20F4N4O. The summed E-state index contributed by atoms with van der Waals surface area (Å²) in [6, 6.07) is 10.3. The minimum absolute atomic E-state index is 0.430. The summed E-state index contributed by atoms with van der Waals surface area (Å²) in [4.78, 5) is 12.6. The molecule has 1 aromatic carbocycles. The van der Waals surface area contributed by atoms with Gasteiger partial charge in [-0.15, -0.1) is 0 Å². The van der Waals surface area contributed by atoms with Gasteiger partial charge in [0, 0.05) is 18.1 Å². The van der Waals surface area contributed by atoms with Crippen molar-refractivity contribution in [3.63, 3.8) is 0 Å². The van der Waals surface area contributed by atoms with E-state index in [2.05, 4.69) is 10.4 Å². The topological polar surface area (TPSA) is 51.9 Å². The average molecular weight is 408 g/mol. The quantitative estimate of drug-likeness (QED) is 0.560. The minimum atomic E-state index is -3.03. The zero-order chi connectivity index (χ0) is 21.1. The SMILES string of the molecule is CC(NC(=O)C(C)n1nc(C(F)F)cc1C(F)F)c1cccc(-n2cccc2)c1. The first-order valence-corrected chi connectivity index (χ1v) is 8.97. The van der Waals surface area contributed by atoms with Crippen LogP contribution in [0.25, 0.3) is 5.69 Å². The second-order valence-corrected chi connectivity index (χ2v) is 6.63. The van der Waals surface area contributed by atoms with Crippen LogP contribution in [0.3, 0.4) is 0 Å². The molecule has 0 aliphatic heterocycles. The second kappa shape index (κ2) is 8.50. The first kappa shape index (κ1) is 20.6. The smallest absolute Gasteiger partial charge is 0.282 e. The van der Waals surface area contributed by atoms with Crippen LogP contribution in [0, 0.1) is 0 Å². The molecule has 0 fully saturated rings. The molecule has 2 heterocycles. The number of hydrogen-bond acceptors (Lipinski definition) is 2. The third-order valence-corrected chi connectivity index (χ3v) is 4.61. The van der Waals surface area contributed by atoms with Crippen molar-refractivity contribution in [2.24, 2.45) is 0 Å². The molecule has 0 aliphatic carbocycles. The van der Waals surface area contributed by atoms with Crippen LogP contribution >= 0.6 is 0 Å². The van der Waals surface area contributed by atoms with Gasteiger partial charge in [0.1, 0.15) is 17.4 Å². The summed E-state index contributed by atoms with van der Waals surface area (Å²) < 4.78 is 54.7. The molecular weight excluding hydrogens is 388 g/mol. The van der Waals surface area contributed by atoms with E-state index in [-0.39, 0.29) is 0 Å². The molecule has 29 heavy (non-hydrogen) atoms. The van der Waals surface area contributed by atoms with E-state index in [1.54, 1.807) is 6.92 Å². The Bertz CT molecular complexity index is 969. The molecule has 1 amide bonds. The average Bonchev–Trinajstić information content (AvgIpc) is 3.37. The van der Waals surface area contributed by atoms with E-state index in [0.717, 1.165) is 11.3 Å². The lowest BCUT2D eigenvalue weighted by Gasteiger charge is -2.20. The van der Waals surface area contributed by atoms with Gasteiger partial charge in [0.15, 0.2) is 0 Å². The predicted octanol–water partition coefficient (Wildman–Crippen LogP) is 4.99. The van der Waals surface area contributed by atoms with Crippen LogP contribution in [0.2, 0.25) is 0 Å². The lowest BCUT2D eigenvalue weighted by molar-refractivity contribution is -0.125. The van der Waals surface area contributed by atoms with E-state index in [9.17, 15) is 22.4 Å². The number of carbonyl (C=O) groups is 1. The number of benzene rings is 1. The van der Waals surface area contributed by atoms with Crippen molar-refractivity contribution >= 4 is 5.91 Å². The molecule has 2 aromatic heterocycles. The Hall–Kier alpha value is -3.10. The third kappa shape index (κ3) is 4.49. The Balaban J connectivity index is 1.77. The molecule has 2 atom stereocenters. The fourth-order valence-corrected chi connectivity index (χ4v) is 3.00. The molecule has 0 saturated heterocycles. The summed E-state index contributed by atoms with van der Waals surface area (Å²) >= 11 is 0. The van der Waals surface area contributed by atoms with Crippen molar-refractivity contribution in [3.8, 4) is 5.69 Å². The first-order valence-electron chi connectivity index (χ1n) is 8.97. The minimum Gasteiger partial charge on any atom is -0.348 e. The highest BCUT2D eigenvalue weighted by Gasteiger charge is 2.27. The molecule has 2 unspecified atom stereocenters. The lowest BCUT2D eigenvalue weighted by Crippen LogP contribution is -2.34. The van der Waals surface area contributed by atoms with Gasteiger partial charge in [-0.3, -0.25) is 9.48 Å². The molecule has 0 radical (unpaired) electrons. The van der Waals surface area contributed by atoms with E-state index in [1.165, 1.54) is 6.92 Å². The molecule has 3 aromatic rings. The number of amides is 1. The molecule has 0 saturated carbocycles. The van der Waals surface area contributed by atoms with Gasteiger partial charge in [-0.2, -0.15) is 5.10 Å². The number of carbonyl (C=O) groups excluding carboxylic acids is 1. The molecule has 0 bridgehead atoms. The molecule has 0 spiro atoms. The summed E-state index contributed by atoms with van der Waals surface area (Å²) in [5.74, 6) is -0.602. The molecule has 5 nitrogen and oxygen atoms in total. The van der Waals surface area contributed by atoms with Crippen LogP contribution in [0.15, 0.2) is 54.9 Å². The van der Waals surface area contributed by atoms with E-state index >= 15 is 0 Å². The van der Waals surface area contributed by atoms with Gasteiger partial charge in [0.2, 0.25) is 5.91 Å². The summed E-state index contributed by atoms with van der Waals surface area (Å²) in [6.07, 6.45) is -2.26. The number of alkyl halides is 4. The van der Waals surface area contributed by atoms with E-state index in [0.29, 0.717) is 10.7 Å². The predicted molar refractivity (Wildman–Crippen MR) is 99.2 cm³/mol. The number of nitrogens with zero attached hydrogens (tertiary/aromatic N) is 3. The largest absolute Gasteiger partial charge is 0.348 e. The highest BCUT2D eigenvalue weighted by molar-refractivity contribution is 5.80. The maximum absolute atomic E-state index is 13.2. The normalized spacial score (nSPS) is 13.7. The van der Waals surface area contributed by atoms with Gasteiger partial charge >= 0.3 is 0 Å². The number of rotatable bonds is 7. The van der Waals surface area contributed by atoms with Crippen molar-refractivity contribution in [2.75, 3.05) is 0 Å². The molecule has 154 valence electrons. The van der Waals surface area contributed by atoms with Crippen molar-refractivity contribution in [1.82, 2.24) is 19.7 Å². The molecule has 3 rings (SSSR count). The van der Waals surface area contributed by atoms with Gasteiger partial charge in [-0.05, 0) is 49.7 Å². The lowest BCUT2D eigenvalue weighted by atomic mass is 10.1. The monoisotopic (exact) mass is 408 g/mol. The van der Waals surface area contributed by atoms with Gasteiger partial charge in [-0.1, -0.05) is 12.1 Å². The highest BCUT2D eigenvalue weighted by Crippen LogP contribution is 2.28. The Morgan fingerprint density at radius 1 is 1.00 bits per heavy atom. The van der Waals surface area contributed by atoms with Crippen molar-refractivity contribution < 1.29 is 22.4 Å². The van der Waals surface area contributed by atoms with Crippen molar-refractivity contribution in [2.45, 2.75) is 38.8 Å². The number of halogens is 4. The molecule has 1 N–H and O–H groups in total. The van der Waals surface area contributed by atoms with Crippen LogP contribution in [-0.2, 0) is 4.79 Å². The zero-order valence-corrected chi connectivity index (χ0v) is 15.8. The second-order valence-electron chi connectivity index (χ2n) is 6.63. The zero-order valence-electron chi connectivity index (χ0n) is 15.8. The number of nitrogens with one attached hydrogen (secondary N) is 1. The summed E-state index contributed by atoms with van der Waals surface area (Å²) in [7, 11) is 0. The van der Waals surface area contributed by atoms with E-state index in [4.69, 9.17) is 0 Å². The summed E-state index contributed by atoms with van der Waals surface area (Å²) in [5, 5.41) is 6.23. The fraction of sp³-hybridized carbons (Fsp3) is 0.300. The van der Waals surface area contributed by atoms with Crippen LogP contribution in [-0.4, -0.2) is 20.3 Å². The Kier molecular flexibility index (Phi) is 6.05. The summed E-state index contributed by atoms with van der Waals surface area (Å²) in [6.45, 7) is 3.09. The van der Waals surface area contributed by atoms with E-state index < -0.39 is 42.2 Å². The van der Waals surface area contributed by atoms with Gasteiger partial charge in [0.05, 0.1) is 6.04 Å². The highest BCUT2D eigenvalue weighted by atomic mass is 19.3. The van der Waals surface area contributed by atoms with E-state index in [1.807, 2.05) is 53.4 Å². The standard InChI is InChI=1S/C20H20F4N4O/c1-12(14-6-5-7-15(10-14)27-8-3-4-9-27)25-20(29)13(2)28-17(19(23)24)11-16(26-28)18(21)22/h3-13,18-19H,1-2H3,(H,25,29). The fourth-order valence-electron chi connectivity index (χ4n) is 3.00. The van der Waals surface area contributed by atoms with Crippen molar-refractivity contribution in [3.05, 3.63) is 71.8 Å². The Morgan fingerprint density at radius 2 is 1.69 bits per heavy atom. The summed E-state index contributed by atoms with van der Waals surface area (Å²) in [5.41, 5.74) is 0.201. The maximum Gasteiger partial charge on any atom is 0.282 e. The van der Waals surface area contributed by atoms with Crippen LogP contribution in [0.5, 0.6) is 0 Å². The number of hydrogen-bond donors (Lipinski definition) is 1. The van der Waals surface area contributed by atoms with Gasteiger partial charge in [0.25, 0.3) is 12.9 Å². The van der Waals surface area contributed by atoms with Crippen molar-refractivity contribution in [1.29, 1.82) is 0 Å². The first-order chi connectivity index (χ1) is 13.8. The van der Waals surface area contributed by atoms with Gasteiger partial charge < -0.3 is 9.88 Å². The van der Waals surface area contributed by atoms with Crippen LogP contribution < -0.4 is 5.32 Å². The number of aromatic nitrogens is 3. The Labute approximate surface area is 165 Å². The Morgan fingerprint density at radius 3 is 2.31 bits per heavy atom. The van der Waals surface area contributed by atoms with Gasteiger partial charge in [-0.25, -0.2) is 17.6 Å². The van der Waals surface area contributed by atoms with Crippen LogP contribution in [0.4, 0.5) is 17.6 Å². The molecule has 9 heteroatoms.